The lowest BCUT2D eigenvalue weighted by molar-refractivity contribution is -0.137. The molecule has 2 aromatic carbocycles. The van der Waals surface area contributed by atoms with Crippen LogP contribution in [0.3, 0.4) is 0 Å². The van der Waals surface area contributed by atoms with Crippen molar-refractivity contribution < 1.29 is 14.6 Å². The molecule has 3 nitrogen and oxygen atoms in total. The first-order chi connectivity index (χ1) is 9.60. The number of rotatable bonds is 5. The van der Waals surface area contributed by atoms with Crippen molar-refractivity contribution in [1.29, 1.82) is 0 Å². The number of hydrogen-bond donors (Lipinski definition) is 1. The molecule has 0 radical (unpaired) electrons. The second-order valence-corrected chi connectivity index (χ2v) is 4.85. The number of ether oxygens (including phenoxy) is 1. The normalized spacial score (nSPS) is 11.9. The Balaban J connectivity index is 2.16. The molecule has 0 spiro atoms. The molecule has 0 saturated carbocycles. The van der Waals surface area contributed by atoms with Crippen molar-refractivity contribution in [2.24, 2.45) is 0 Å². The van der Waals surface area contributed by atoms with Crippen molar-refractivity contribution in [3.05, 3.63) is 54.1 Å². The zero-order valence-electron chi connectivity index (χ0n) is 11.7. The number of carboxylic acids is 1. The average molecular weight is 270 g/mol. The van der Waals surface area contributed by atoms with E-state index in [0.717, 1.165) is 22.4 Å². The third kappa shape index (κ3) is 3.38. The highest BCUT2D eigenvalue weighted by molar-refractivity contribution is 5.68. The van der Waals surface area contributed by atoms with Crippen LogP contribution in [0.25, 0.3) is 11.1 Å². The summed E-state index contributed by atoms with van der Waals surface area (Å²) in [4.78, 5) is 10.7. The van der Waals surface area contributed by atoms with Gasteiger partial charge in [-0.25, -0.2) is 0 Å². The SMILES string of the molecule is COc1ccc(-c2ccc(C(C)CC(=O)O)cc2)cc1. The number of carbonyl (C=O) groups is 1. The summed E-state index contributed by atoms with van der Waals surface area (Å²) in [5.41, 5.74) is 3.27. The van der Waals surface area contributed by atoms with Gasteiger partial charge in [0.15, 0.2) is 0 Å². The van der Waals surface area contributed by atoms with E-state index in [1.54, 1.807) is 7.11 Å². The average Bonchev–Trinajstić information content (AvgIpc) is 2.47. The molecule has 20 heavy (non-hydrogen) atoms. The van der Waals surface area contributed by atoms with Gasteiger partial charge >= 0.3 is 5.97 Å². The molecular formula is C17H18O3. The van der Waals surface area contributed by atoms with Crippen LogP contribution >= 0.6 is 0 Å². The van der Waals surface area contributed by atoms with Crippen LogP contribution in [0, 0.1) is 0 Å². The predicted molar refractivity (Wildman–Crippen MR) is 79.1 cm³/mol. The molecule has 1 unspecified atom stereocenters. The van der Waals surface area contributed by atoms with Gasteiger partial charge in [0.2, 0.25) is 0 Å². The minimum atomic E-state index is -0.767. The third-order valence-electron chi connectivity index (χ3n) is 3.38. The molecule has 0 aliphatic carbocycles. The second-order valence-electron chi connectivity index (χ2n) is 4.85. The Hall–Kier alpha value is -2.29. The topological polar surface area (TPSA) is 46.5 Å². The first kappa shape index (κ1) is 14.1. The standard InChI is InChI=1S/C17H18O3/c1-12(11-17(18)19)13-3-5-14(6-4-13)15-7-9-16(20-2)10-8-15/h3-10,12H,11H2,1-2H3,(H,18,19). The van der Waals surface area contributed by atoms with E-state index in [1.165, 1.54) is 0 Å². The van der Waals surface area contributed by atoms with E-state index in [9.17, 15) is 4.79 Å². The zero-order valence-corrected chi connectivity index (χ0v) is 11.7. The summed E-state index contributed by atoms with van der Waals surface area (Å²) in [5, 5.41) is 8.82. The van der Waals surface area contributed by atoms with Gasteiger partial charge in [0.25, 0.3) is 0 Å². The smallest absolute Gasteiger partial charge is 0.303 e. The first-order valence-corrected chi connectivity index (χ1v) is 6.56. The van der Waals surface area contributed by atoms with Crippen LogP contribution in [0.2, 0.25) is 0 Å². The molecule has 0 heterocycles. The molecular weight excluding hydrogens is 252 g/mol. The van der Waals surface area contributed by atoms with Gasteiger partial charge in [-0.1, -0.05) is 43.3 Å². The molecule has 3 heteroatoms. The Morgan fingerprint density at radius 3 is 2.00 bits per heavy atom. The van der Waals surface area contributed by atoms with Crippen molar-refractivity contribution in [2.75, 3.05) is 7.11 Å². The fourth-order valence-electron chi connectivity index (χ4n) is 2.17. The molecule has 0 aliphatic rings. The monoisotopic (exact) mass is 270 g/mol. The second kappa shape index (κ2) is 6.24. The van der Waals surface area contributed by atoms with E-state index in [-0.39, 0.29) is 12.3 Å². The number of benzene rings is 2. The highest BCUT2D eigenvalue weighted by Gasteiger charge is 2.10. The molecule has 0 aromatic heterocycles. The Bertz CT molecular complexity index is 570. The number of carboxylic acid groups (broad SMARTS) is 1. The zero-order chi connectivity index (χ0) is 14.5. The molecule has 2 rings (SSSR count). The third-order valence-corrected chi connectivity index (χ3v) is 3.38. The van der Waals surface area contributed by atoms with E-state index in [0.29, 0.717) is 0 Å². The molecule has 2 aromatic rings. The van der Waals surface area contributed by atoms with Gasteiger partial charge in [-0.05, 0) is 34.7 Å². The fourth-order valence-corrected chi connectivity index (χ4v) is 2.17. The predicted octanol–water partition coefficient (Wildman–Crippen LogP) is 3.94. The molecule has 0 saturated heterocycles. The van der Waals surface area contributed by atoms with Gasteiger partial charge < -0.3 is 9.84 Å². The lowest BCUT2D eigenvalue weighted by Gasteiger charge is -2.10. The lowest BCUT2D eigenvalue weighted by Crippen LogP contribution is -2.02. The van der Waals surface area contributed by atoms with Crippen LogP contribution in [0.5, 0.6) is 5.75 Å². The minimum absolute atomic E-state index is 0.0254. The molecule has 0 fully saturated rings. The van der Waals surface area contributed by atoms with Gasteiger partial charge in [0.05, 0.1) is 13.5 Å². The highest BCUT2D eigenvalue weighted by Crippen LogP contribution is 2.25. The van der Waals surface area contributed by atoms with Crippen LogP contribution in [0.15, 0.2) is 48.5 Å². The van der Waals surface area contributed by atoms with Crippen LogP contribution in [0.1, 0.15) is 24.8 Å². The minimum Gasteiger partial charge on any atom is -0.497 e. The molecule has 1 atom stereocenters. The van der Waals surface area contributed by atoms with E-state index in [4.69, 9.17) is 9.84 Å². The van der Waals surface area contributed by atoms with Crippen molar-refractivity contribution in [1.82, 2.24) is 0 Å². The van der Waals surface area contributed by atoms with E-state index < -0.39 is 5.97 Å². The largest absolute Gasteiger partial charge is 0.497 e. The molecule has 0 aliphatic heterocycles. The Morgan fingerprint density at radius 1 is 1.05 bits per heavy atom. The fraction of sp³-hybridized carbons (Fsp3) is 0.235. The van der Waals surface area contributed by atoms with Crippen molar-refractivity contribution in [3.63, 3.8) is 0 Å². The Morgan fingerprint density at radius 2 is 1.55 bits per heavy atom. The van der Waals surface area contributed by atoms with Crippen LogP contribution in [0.4, 0.5) is 0 Å². The van der Waals surface area contributed by atoms with Crippen molar-refractivity contribution in [2.45, 2.75) is 19.3 Å². The number of methoxy groups -OCH3 is 1. The van der Waals surface area contributed by atoms with Crippen molar-refractivity contribution in [3.8, 4) is 16.9 Å². The van der Waals surface area contributed by atoms with Gasteiger partial charge in [0.1, 0.15) is 5.75 Å². The summed E-state index contributed by atoms with van der Waals surface area (Å²) in [6.07, 6.45) is 0.155. The van der Waals surface area contributed by atoms with Crippen LogP contribution < -0.4 is 4.74 Å². The Labute approximate surface area is 118 Å². The van der Waals surface area contributed by atoms with Gasteiger partial charge in [-0.2, -0.15) is 0 Å². The molecule has 0 bridgehead atoms. The summed E-state index contributed by atoms with van der Waals surface area (Å²) in [6, 6.07) is 15.9. The highest BCUT2D eigenvalue weighted by atomic mass is 16.5. The van der Waals surface area contributed by atoms with Gasteiger partial charge in [0, 0.05) is 0 Å². The van der Waals surface area contributed by atoms with Crippen LogP contribution in [-0.2, 0) is 4.79 Å². The Kier molecular flexibility index (Phi) is 4.41. The number of aliphatic carboxylic acids is 1. The maximum atomic E-state index is 10.7. The van der Waals surface area contributed by atoms with Gasteiger partial charge in [-0.15, -0.1) is 0 Å². The quantitative estimate of drug-likeness (QED) is 0.895. The number of hydrogen-bond acceptors (Lipinski definition) is 2. The van der Waals surface area contributed by atoms with E-state index in [1.807, 2.05) is 55.5 Å². The van der Waals surface area contributed by atoms with E-state index >= 15 is 0 Å². The summed E-state index contributed by atoms with van der Waals surface area (Å²) < 4.78 is 5.14. The molecule has 0 amide bonds. The maximum Gasteiger partial charge on any atom is 0.303 e. The summed E-state index contributed by atoms with van der Waals surface area (Å²) in [7, 11) is 1.65. The van der Waals surface area contributed by atoms with Gasteiger partial charge in [-0.3, -0.25) is 4.79 Å². The maximum absolute atomic E-state index is 10.7. The lowest BCUT2D eigenvalue weighted by atomic mass is 9.95. The summed E-state index contributed by atoms with van der Waals surface area (Å²) >= 11 is 0. The summed E-state index contributed by atoms with van der Waals surface area (Å²) in [6.45, 7) is 1.93. The first-order valence-electron chi connectivity index (χ1n) is 6.56. The molecule has 1 N–H and O–H groups in total. The van der Waals surface area contributed by atoms with Crippen molar-refractivity contribution >= 4 is 5.97 Å². The molecule has 104 valence electrons. The van der Waals surface area contributed by atoms with E-state index in [2.05, 4.69) is 0 Å². The van der Waals surface area contributed by atoms with Crippen LogP contribution in [-0.4, -0.2) is 18.2 Å². The summed E-state index contributed by atoms with van der Waals surface area (Å²) in [5.74, 6) is 0.0922.